The Morgan fingerprint density at radius 1 is 1.21 bits per heavy atom. The van der Waals surface area contributed by atoms with E-state index in [1.54, 1.807) is 13.4 Å². The molecular weight excluding hydrogens is 379 g/mol. The van der Waals surface area contributed by atoms with Gasteiger partial charge in [0.2, 0.25) is 5.91 Å². The van der Waals surface area contributed by atoms with Crippen molar-refractivity contribution < 1.29 is 13.9 Å². The van der Waals surface area contributed by atoms with Crippen molar-refractivity contribution in [2.45, 2.75) is 23.4 Å². The lowest BCUT2D eigenvalue weighted by Crippen LogP contribution is -2.19. The molecule has 6 nitrogen and oxygen atoms in total. The summed E-state index contributed by atoms with van der Waals surface area (Å²) in [5, 5.41) is 11.1. The summed E-state index contributed by atoms with van der Waals surface area (Å²) in [5.74, 6) is -0.564. The predicted octanol–water partition coefficient (Wildman–Crippen LogP) is 3.93. The number of anilines is 1. The fraction of sp³-hybridized carbons (Fsp3) is 0.250. The second-order valence-corrected chi connectivity index (χ2v) is 7.13. The van der Waals surface area contributed by atoms with Gasteiger partial charge in [-0.05, 0) is 36.2 Å². The van der Waals surface area contributed by atoms with Gasteiger partial charge in [-0.1, -0.05) is 42.1 Å². The minimum absolute atomic E-state index is 0.214. The average molecular weight is 400 g/mol. The first-order chi connectivity index (χ1) is 13.7. The second-order valence-electron chi connectivity index (χ2n) is 6.06. The molecule has 8 heteroatoms. The molecule has 0 aliphatic rings. The summed E-state index contributed by atoms with van der Waals surface area (Å²) in [6, 6.07) is 15.2. The van der Waals surface area contributed by atoms with E-state index >= 15 is 0 Å². The third kappa shape index (κ3) is 5.40. The summed E-state index contributed by atoms with van der Waals surface area (Å²) in [5.41, 5.74) is 1.38. The third-order valence-corrected chi connectivity index (χ3v) is 5.25. The zero-order valence-electron chi connectivity index (χ0n) is 15.4. The number of hydrogen-bond acceptors (Lipinski definition) is 5. The maximum absolute atomic E-state index is 13.1. The van der Waals surface area contributed by atoms with Crippen LogP contribution < -0.4 is 5.32 Å². The number of carbonyl (C=O) groups excluding carboxylic acids is 1. The number of nitrogens with zero attached hydrogens (tertiary/aromatic N) is 3. The molecule has 0 saturated heterocycles. The Morgan fingerprint density at radius 3 is 2.68 bits per heavy atom. The Labute approximate surface area is 167 Å². The smallest absolute Gasteiger partial charge is 0.242 e. The SMILES string of the molecule is COCCCn1cnnc1SC(C(=O)Nc1ccc(F)cc1)c1ccccc1. The van der Waals surface area contributed by atoms with Gasteiger partial charge < -0.3 is 14.6 Å². The second kappa shape index (κ2) is 10.0. The summed E-state index contributed by atoms with van der Waals surface area (Å²) in [4.78, 5) is 13.0. The first-order valence-electron chi connectivity index (χ1n) is 8.82. The molecule has 1 N–H and O–H groups in total. The van der Waals surface area contributed by atoms with E-state index in [0.717, 1.165) is 12.0 Å². The van der Waals surface area contributed by atoms with Crippen molar-refractivity contribution in [3.05, 3.63) is 72.3 Å². The van der Waals surface area contributed by atoms with E-state index in [4.69, 9.17) is 4.74 Å². The highest BCUT2D eigenvalue weighted by Gasteiger charge is 2.24. The number of hydrogen-bond donors (Lipinski definition) is 1. The number of nitrogens with one attached hydrogen (secondary N) is 1. The highest BCUT2D eigenvalue weighted by atomic mass is 32.2. The summed E-state index contributed by atoms with van der Waals surface area (Å²) in [7, 11) is 1.66. The van der Waals surface area contributed by atoms with E-state index in [1.165, 1.54) is 36.0 Å². The summed E-state index contributed by atoms with van der Waals surface area (Å²) in [6.07, 6.45) is 2.47. The molecule has 0 saturated carbocycles. The molecule has 3 aromatic rings. The number of benzene rings is 2. The molecule has 1 aromatic heterocycles. The van der Waals surface area contributed by atoms with Crippen molar-refractivity contribution in [2.75, 3.05) is 19.0 Å². The summed E-state index contributed by atoms with van der Waals surface area (Å²) >= 11 is 1.33. The Kier molecular flexibility index (Phi) is 7.16. The van der Waals surface area contributed by atoms with Crippen LogP contribution in [0.2, 0.25) is 0 Å². The number of aryl methyl sites for hydroxylation is 1. The lowest BCUT2D eigenvalue weighted by Gasteiger charge is -2.17. The molecule has 2 aromatic carbocycles. The van der Waals surface area contributed by atoms with E-state index < -0.39 is 5.25 Å². The Morgan fingerprint density at radius 2 is 1.96 bits per heavy atom. The van der Waals surface area contributed by atoms with Crippen LogP contribution in [0.5, 0.6) is 0 Å². The number of aromatic nitrogens is 3. The molecular formula is C20H21FN4O2S. The molecule has 146 valence electrons. The molecule has 1 amide bonds. The summed E-state index contributed by atoms with van der Waals surface area (Å²) in [6.45, 7) is 1.33. The maximum atomic E-state index is 13.1. The number of carbonyl (C=O) groups is 1. The zero-order chi connectivity index (χ0) is 19.8. The molecule has 1 heterocycles. The predicted molar refractivity (Wildman–Crippen MR) is 107 cm³/mol. The molecule has 0 fully saturated rings. The number of amides is 1. The van der Waals surface area contributed by atoms with Crippen molar-refractivity contribution in [2.24, 2.45) is 0 Å². The Bertz CT molecular complexity index is 887. The Balaban J connectivity index is 1.79. The Hall–Kier alpha value is -2.71. The lowest BCUT2D eigenvalue weighted by atomic mass is 10.1. The quantitative estimate of drug-likeness (QED) is 0.435. The van der Waals surface area contributed by atoms with Crippen molar-refractivity contribution in [1.29, 1.82) is 0 Å². The number of rotatable bonds is 9. The van der Waals surface area contributed by atoms with Gasteiger partial charge in [-0.3, -0.25) is 4.79 Å². The van der Waals surface area contributed by atoms with Gasteiger partial charge in [0.1, 0.15) is 17.4 Å². The van der Waals surface area contributed by atoms with Gasteiger partial charge in [-0.15, -0.1) is 10.2 Å². The van der Waals surface area contributed by atoms with E-state index in [1.807, 2.05) is 34.9 Å². The van der Waals surface area contributed by atoms with Gasteiger partial charge in [-0.25, -0.2) is 4.39 Å². The van der Waals surface area contributed by atoms with Crippen LogP contribution in [-0.2, 0) is 16.1 Å². The maximum Gasteiger partial charge on any atom is 0.242 e. The molecule has 28 heavy (non-hydrogen) atoms. The fourth-order valence-electron chi connectivity index (χ4n) is 2.62. The third-order valence-electron chi connectivity index (χ3n) is 4.00. The topological polar surface area (TPSA) is 69.0 Å². The molecule has 0 aliphatic heterocycles. The number of halogens is 1. The van der Waals surface area contributed by atoms with Gasteiger partial charge in [0.15, 0.2) is 5.16 Å². The zero-order valence-corrected chi connectivity index (χ0v) is 16.2. The van der Waals surface area contributed by atoms with Crippen molar-refractivity contribution in [3.63, 3.8) is 0 Å². The van der Waals surface area contributed by atoms with Crippen molar-refractivity contribution >= 4 is 23.4 Å². The normalized spacial score (nSPS) is 11.9. The molecule has 3 rings (SSSR count). The van der Waals surface area contributed by atoms with Crippen LogP contribution in [0.25, 0.3) is 0 Å². The van der Waals surface area contributed by atoms with Gasteiger partial charge in [-0.2, -0.15) is 0 Å². The molecule has 0 bridgehead atoms. The standard InChI is InChI=1S/C20H21FN4O2S/c1-27-13-5-12-25-14-22-24-20(25)28-18(15-6-3-2-4-7-15)19(26)23-17-10-8-16(21)9-11-17/h2-4,6-11,14,18H,5,12-13H2,1H3,(H,23,26). The first-order valence-corrected chi connectivity index (χ1v) is 9.70. The average Bonchev–Trinajstić information content (AvgIpc) is 3.16. The number of methoxy groups -OCH3 is 1. The molecule has 0 spiro atoms. The number of thioether (sulfide) groups is 1. The highest BCUT2D eigenvalue weighted by Crippen LogP contribution is 2.35. The van der Waals surface area contributed by atoms with E-state index in [-0.39, 0.29) is 11.7 Å². The molecule has 0 aliphatic carbocycles. The van der Waals surface area contributed by atoms with Gasteiger partial charge >= 0.3 is 0 Å². The van der Waals surface area contributed by atoms with Gasteiger partial charge in [0.25, 0.3) is 0 Å². The van der Waals surface area contributed by atoms with Crippen LogP contribution in [0.3, 0.4) is 0 Å². The molecule has 1 atom stereocenters. The lowest BCUT2D eigenvalue weighted by molar-refractivity contribution is -0.115. The fourth-order valence-corrected chi connectivity index (χ4v) is 3.65. The first kappa shape index (κ1) is 20.0. The molecule has 1 unspecified atom stereocenters. The van der Waals surface area contributed by atoms with Crippen LogP contribution in [0.1, 0.15) is 17.2 Å². The summed E-state index contributed by atoms with van der Waals surface area (Å²) < 4.78 is 20.1. The van der Waals surface area contributed by atoms with E-state index in [0.29, 0.717) is 24.0 Å². The van der Waals surface area contributed by atoms with Crippen molar-refractivity contribution in [1.82, 2.24) is 14.8 Å². The van der Waals surface area contributed by atoms with Crippen molar-refractivity contribution in [3.8, 4) is 0 Å². The van der Waals surface area contributed by atoms with Crippen LogP contribution in [0.4, 0.5) is 10.1 Å². The van der Waals surface area contributed by atoms with E-state index in [9.17, 15) is 9.18 Å². The van der Waals surface area contributed by atoms with Gasteiger partial charge in [0, 0.05) is 25.9 Å². The highest BCUT2D eigenvalue weighted by molar-refractivity contribution is 8.00. The van der Waals surface area contributed by atoms with Crippen LogP contribution in [0, 0.1) is 5.82 Å². The minimum Gasteiger partial charge on any atom is -0.385 e. The van der Waals surface area contributed by atoms with E-state index in [2.05, 4.69) is 15.5 Å². The van der Waals surface area contributed by atoms with Crippen LogP contribution >= 0.6 is 11.8 Å². The van der Waals surface area contributed by atoms with Crippen LogP contribution in [0.15, 0.2) is 66.1 Å². The number of ether oxygens (including phenoxy) is 1. The largest absolute Gasteiger partial charge is 0.385 e. The van der Waals surface area contributed by atoms with Crippen LogP contribution in [-0.4, -0.2) is 34.4 Å². The minimum atomic E-state index is -0.531. The van der Waals surface area contributed by atoms with Gasteiger partial charge in [0.05, 0.1) is 0 Å². The monoisotopic (exact) mass is 400 g/mol. The molecule has 0 radical (unpaired) electrons.